The highest BCUT2D eigenvalue weighted by molar-refractivity contribution is 7.70. The van der Waals surface area contributed by atoms with E-state index in [1.807, 2.05) is 24.3 Å². The lowest BCUT2D eigenvalue weighted by Crippen LogP contribution is -2.17. The predicted octanol–water partition coefficient (Wildman–Crippen LogP) is 5.66. The summed E-state index contributed by atoms with van der Waals surface area (Å²) in [5, 5.41) is 0.846. The van der Waals surface area contributed by atoms with Crippen LogP contribution in [-0.4, -0.2) is 19.4 Å². The molecular formula is C24H29O2P. The van der Waals surface area contributed by atoms with Gasteiger partial charge in [-0.2, -0.15) is 0 Å². The highest BCUT2D eigenvalue weighted by Gasteiger charge is 2.26. The number of hydrogen-bond acceptors (Lipinski definition) is 2. The molecule has 27 heavy (non-hydrogen) atoms. The summed E-state index contributed by atoms with van der Waals surface area (Å²) in [6, 6.07) is 16.3. The molecule has 0 aliphatic heterocycles. The standard InChI is InChI=1S/C24H29O2P/c1-24(2,3)22(18-9-7-6-8-10-18)16-12-19-11-15-21(27(4,5)25)17-23(19)26-20-13-14-20/h6-11,15,17,20,22H,13-14H2,1-5H3. The Morgan fingerprint density at radius 1 is 1.07 bits per heavy atom. The van der Waals surface area contributed by atoms with Gasteiger partial charge in [0.05, 0.1) is 17.6 Å². The molecule has 1 aliphatic rings. The van der Waals surface area contributed by atoms with Gasteiger partial charge < -0.3 is 9.30 Å². The van der Waals surface area contributed by atoms with Crippen molar-refractivity contribution in [3.8, 4) is 17.6 Å². The van der Waals surface area contributed by atoms with E-state index >= 15 is 0 Å². The van der Waals surface area contributed by atoms with Crippen LogP contribution in [-0.2, 0) is 4.57 Å². The van der Waals surface area contributed by atoms with Crippen LogP contribution in [0.3, 0.4) is 0 Å². The highest BCUT2D eigenvalue weighted by atomic mass is 31.2. The molecule has 0 saturated heterocycles. The van der Waals surface area contributed by atoms with E-state index in [9.17, 15) is 4.57 Å². The summed E-state index contributed by atoms with van der Waals surface area (Å²) in [5.41, 5.74) is 2.13. The molecule has 1 aliphatic carbocycles. The van der Waals surface area contributed by atoms with E-state index in [0.717, 1.165) is 29.5 Å². The molecule has 0 heterocycles. The fourth-order valence-electron chi connectivity index (χ4n) is 3.01. The van der Waals surface area contributed by atoms with Crippen molar-refractivity contribution in [2.24, 2.45) is 5.41 Å². The van der Waals surface area contributed by atoms with Crippen molar-refractivity contribution >= 4 is 12.4 Å². The molecule has 1 fully saturated rings. The molecule has 0 bridgehead atoms. The maximum atomic E-state index is 12.5. The van der Waals surface area contributed by atoms with Crippen molar-refractivity contribution in [2.75, 3.05) is 13.3 Å². The predicted molar refractivity (Wildman–Crippen MR) is 115 cm³/mol. The van der Waals surface area contributed by atoms with Crippen LogP contribution in [0.15, 0.2) is 48.5 Å². The lowest BCUT2D eigenvalue weighted by atomic mass is 9.77. The van der Waals surface area contributed by atoms with Crippen molar-refractivity contribution in [3.05, 3.63) is 59.7 Å². The van der Waals surface area contributed by atoms with Crippen molar-refractivity contribution in [1.29, 1.82) is 0 Å². The van der Waals surface area contributed by atoms with E-state index in [-0.39, 0.29) is 17.4 Å². The average Bonchev–Trinajstić information content (AvgIpc) is 3.39. The lowest BCUT2D eigenvalue weighted by Gasteiger charge is -2.26. The summed E-state index contributed by atoms with van der Waals surface area (Å²) < 4.78 is 18.6. The zero-order chi connectivity index (χ0) is 19.7. The van der Waals surface area contributed by atoms with Gasteiger partial charge in [0.2, 0.25) is 0 Å². The third kappa shape index (κ3) is 5.27. The average molecular weight is 380 g/mol. The second-order valence-corrected chi connectivity index (χ2v) is 12.0. The minimum Gasteiger partial charge on any atom is -0.489 e. The summed E-state index contributed by atoms with van der Waals surface area (Å²) in [6.07, 6.45) is 2.45. The molecule has 3 rings (SSSR count). The number of ether oxygens (including phenoxy) is 1. The smallest absolute Gasteiger partial charge is 0.136 e. The molecule has 2 aromatic rings. The summed E-state index contributed by atoms with van der Waals surface area (Å²) in [5.74, 6) is 7.74. The Kier molecular flexibility index (Phi) is 5.55. The highest BCUT2D eigenvalue weighted by Crippen LogP contribution is 2.38. The topological polar surface area (TPSA) is 26.3 Å². The molecule has 0 spiro atoms. The Labute approximate surface area is 163 Å². The van der Waals surface area contributed by atoms with Gasteiger partial charge in [-0.3, -0.25) is 0 Å². The van der Waals surface area contributed by atoms with Crippen LogP contribution >= 0.6 is 7.14 Å². The van der Waals surface area contributed by atoms with Crippen molar-refractivity contribution < 1.29 is 9.30 Å². The molecule has 142 valence electrons. The molecule has 0 amide bonds. The minimum absolute atomic E-state index is 0.0222. The number of benzene rings is 2. The van der Waals surface area contributed by atoms with E-state index < -0.39 is 7.14 Å². The molecule has 1 unspecified atom stereocenters. The van der Waals surface area contributed by atoms with Gasteiger partial charge in [0.1, 0.15) is 12.9 Å². The molecular weight excluding hydrogens is 351 g/mol. The first-order chi connectivity index (χ1) is 12.6. The maximum Gasteiger partial charge on any atom is 0.136 e. The Bertz CT molecular complexity index is 903. The Balaban J connectivity index is 1.99. The normalized spacial score (nSPS) is 15.6. The molecule has 2 aromatic carbocycles. The van der Waals surface area contributed by atoms with Crippen LogP contribution in [0.4, 0.5) is 0 Å². The van der Waals surface area contributed by atoms with E-state index in [1.54, 1.807) is 13.3 Å². The molecule has 0 N–H and O–H groups in total. The second-order valence-electron chi connectivity index (χ2n) is 8.83. The SMILES string of the molecule is CC(C)(C)C(C#Cc1ccc(P(C)(C)=O)cc1OC1CC1)c1ccccc1. The van der Waals surface area contributed by atoms with Gasteiger partial charge in [-0.25, -0.2) is 0 Å². The third-order valence-corrected chi connectivity index (χ3v) is 6.28. The fourth-order valence-corrected chi connectivity index (χ4v) is 3.87. The van der Waals surface area contributed by atoms with Crippen LogP contribution in [0, 0.1) is 17.3 Å². The summed E-state index contributed by atoms with van der Waals surface area (Å²) in [4.78, 5) is 0. The fraction of sp³-hybridized carbons (Fsp3) is 0.417. The zero-order valence-corrected chi connectivity index (χ0v) is 17.8. The van der Waals surface area contributed by atoms with Crippen LogP contribution in [0.5, 0.6) is 5.75 Å². The molecule has 3 heteroatoms. The first-order valence-electron chi connectivity index (χ1n) is 9.57. The first-order valence-corrected chi connectivity index (χ1v) is 12.2. The Morgan fingerprint density at radius 3 is 2.30 bits per heavy atom. The van der Waals surface area contributed by atoms with Gasteiger partial charge >= 0.3 is 0 Å². The Hall–Kier alpha value is -1.97. The van der Waals surface area contributed by atoms with Crippen molar-refractivity contribution in [3.63, 3.8) is 0 Å². The Morgan fingerprint density at radius 2 is 1.74 bits per heavy atom. The molecule has 1 atom stereocenters. The van der Waals surface area contributed by atoms with E-state index in [2.05, 4.69) is 56.9 Å². The third-order valence-electron chi connectivity index (χ3n) is 4.76. The quantitative estimate of drug-likeness (QED) is 0.505. The molecule has 1 saturated carbocycles. The van der Waals surface area contributed by atoms with Gasteiger partial charge in [0.15, 0.2) is 0 Å². The van der Waals surface area contributed by atoms with E-state index in [1.165, 1.54) is 5.56 Å². The van der Waals surface area contributed by atoms with Crippen molar-refractivity contribution in [1.82, 2.24) is 0 Å². The van der Waals surface area contributed by atoms with E-state index in [0.29, 0.717) is 0 Å². The van der Waals surface area contributed by atoms with Gasteiger partial charge in [-0.1, -0.05) is 69.0 Å². The maximum absolute atomic E-state index is 12.5. The van der Waals surface area contributed by atoms with Gasteiger partial charge in [-0.05, 0) is 49.3 Å². The number of hydrogen-bond donors (Lipinski definition) is 0. The van der Waals surface area contributed by atoms with Crippen LogP contribution < -0.4 is 10.0 Å². The summed E-state index contributed by atoms with van der Waals surface area (Å²) in [7, 11) is -2.33. The molecule has 2 nitrogen and oxygen atoms in total. The zero-order valence-electron chi connectivity index (χ0n) is 17.0. The van der Waals surface area contributed by atoms with Gasteiger partial charge in [0.25, 0.3) is 0 Å². The largest absolute Gasteiger partial charge is 0.489 e. The molecule has 0 radical (unpaired) electrons. The summed E-state index contributed by atoms with van der Waals surface area (Å²) in [6.45, 7) is 10.2. The summed E-state index contributed by atoms with van der Waals surface area (Å²) >= 11 is 0. The first kappa shape index (κ1) is 19.8. The van der Waals surface area contributed by atoms with Crippen LogP contribution in [0.2, 0.25) is 0 Å². The van der Waals surface area contributed by atoms with Crippen molar-refractivity contribution in [2.45, 2.75) is 45.6 Å². The van der Waals surface area contributed by atoms with Gasteiger partial charge in [-0.15, -0.1) is 0 Å². The van der Waals surface area contributed by atoms with Crippen LogP contribution in [0.1, 0.15) is 50.7 Å². The van der Waals surface area contributed by atoms with Gasteiger partial charge in [0, 0.05) is 5.30 Å². The minimum atomic E-state index is -2.33. The van der Waals surface area contributed by atoms with Crippen LogP contribution in [0.25, 0.3) is 0 Å². The monoisotopic (exact) mass is 380 g/mol. The van der Waals surface area contributed by atoms with E-state index in [4.69, 9.17) is 4.74 Å². The second kappa shape index (κ2) is 7.57. The molecule has 0 aromatic heterocycles. The number of rotatable bonds is 4. The lowest BCUT2D eigenvalue weighted by molar-refractivity contribution is 0.302.